The SMILES string of the molecule is CCCCCCCCCCCCCCCCCC(=O)NOC(=O)C(=O)ONC(=O)CCCCCCCCCCCCCCCCC. The lowest BCUT2D eigenvalue weighted by Crippen LogP contribution is -2.35. The summed E-state index contributed by atoms with van der Waals surface area (Å²) in [6, 6.07) is 0. The van der Waals surface area contributed by atoms with Crippen molar-refractivity contribution in [2.75, 3.05) is 0 Å². The molecule has 0 heterocycles. The summed E-state index contributed by atoms with van der Waals surface area (Å²) in [4.78, 5) is 56.2. The van der Waals surface area contributed by atoms with Crippen molar-refractivity contribution in [1.29, 1.82) is 0 Å². The molecule has 8 nitrogen and oxygen atoms in total. The first kappa shape index (κ1) is 43.9. The molecule has 0 saturated heterocycles. The maximum atomic E-state index is 11.9. The van der Waals surface area contributed by atoms with E-state index in [1.807, 2.05) is 11.0 Å². The normalized spacial score (nSPS) is 10.9. The molecule has 0 radical (unpaired) electrons. The molecule has 0 unspecified atom stereocenters. The van der Waals surface area contributed by atoms with Gasteiger partial charge < -0.3 is 9.68 Å². The van der Waals surface area contributed by atoms with Gasteiger partial charge in [-0.15, -0.1) is 0 Å². The molecule has 0 spiro atoms. The third-order valence-corrected chi connectivity index (χ3v) is 8.70. The van der Waals surface area contributed by atoms with E-state index in [1.54, 1.807) is 0 Å². The van der Waals surface area contributed by atoms with E-state index in [4.69, 9.17) is 0 Å². The standard InChI is InChI=1S/C38H72N2O6/c1-3-5-7-9-11-13-15-17-19-21-23-25-27-29-31-33-35(41)39-45-37(43)38(44)46-40-36(42)34-32-30-28-26-24-22-20-18-16-14-12-10-8-6-4-2/h3-34H2,1-2H3,(H,39,41)(H,40,42). The van der Waals surface area contributed by atoms with Gasteiger partial charge in [0.25, 0.3) is 11.8 Å². The fraction of sp³-hybridized carbons (Fsp3) is 0.895. The smallest absolute Gasteiger partial charge is 0.330 e. The molecule has 0 aromatic carbocycles. The van der Waals surface area contributed by atoms with Crippen molar-refractivity contribution >= 4 is 23.8 Å². The molecule has 0 aromatic rings. The molecular weight excluding hydrogens is 580 g/mol. The Balaban J connectivity index is 3.50. The second-order valence-electron chi connectivity index (χ2n) is 13.2. The molecule has 0 bridgehead atoms. The van der Waals surface area contributed by atoms with Crippen LogP contribution in [0.25, 0.3) is 0 Å². The molecular formula is C38H72N2O6. The van der Waals surface area contributed by atoms with Gasteiger partial charge >= 0.3 is 11.9 Å². The van der Waals surface area contributed by atoms with E-state index in [2.05, 4.69) is 23.5 Å². The zero-order chi connectivity index (χ0) is 33.8. The Labute approximate surface area is 282 Å². The second kappa shape index (κ2) is 35.7. The van der Waals surface area contributed by atoms with Crippen molar-refractivity contribution in [2.24, 2.45) is 0 Å². The first-order valence-electron chi connectivity index (χ1n) is 19.5. The van der Waals surface area contributed by atoms with E-state index < -0.39 is 23.8 Å². The minimum absolute atomic E-state index is 0.219. The van der Waals surface area contributed by atoms with Gasteiger partial charge in [-0.2, -0.15) is 11.0 Å². The molecule has 0 aromatic heterocycles. The maximum absolute atomic E-state index is 11.9. The van der Waals surface area contributed by atoms with Crippen LogP contribution in [0.1, 0.15) is 219 Å². The number of carbonyl (C=O) groups is 4. The van der Waals surface area contributed by atoms with Gasteiger partial charge in [0, 0.05) is 12.8 Å². The van der Waals surface area contributed by atoms with Crippen LogP contribution < -0.4 is 11.0 Å². The highest BCUT2D eigenvalue weighted by Gasteiger charge is 2.20. The van der Waals surface area contributed by atoms with Gasteiger partial charge in [0.05, 0.1) is 0 Å². The molecule has 0 aliphatic heterocycles. The van der Waals surface area contributed by atoms with E-state index >= 15 is 0 Å². The van der Waals surface area contributed by atoms with Gasteiger partial charge in [0.2, 0.25) is 0 Å². The molecule has 46 heavy (non-hydrogen) atoms. The Morgan fingerprint density at radius 1 is 0.326 bits per heavy atom. The Kier molecular flexibility index (Phi) is 34.1. The van der Waals surface area contributed by atoms with Crippen LogP contribution in [-0.4, -0.2) is 23.8 Å². The Hall–Kier alpha value is -2.12. The molecule has 8 heteroatoms. The summed E-state index contributed by atoms with van der Waals surface area (Å²) in [6.07, 6.45) is 37.7. The Morgan fingerprint density at radius 3 is 0.739 bits per heavy atom. The molecule has 0 saturated carbocycles. The molecule has 0 atom stereocenters. The summed E-state index contributed by atoms with van der Waals surface area (Å²) in [6.45, 7) is 4.51. The number of nitrogens with one attached hydrogen (secondary N) is 2. The second-order valence-corrected chi connectivity index (χ2v) is 13.2. The summed E-state index contributed by atoms with van der Waals surface area (Å²) in [5.41, 5.74) is 3.96. The topological polar surface area (TPSA) is 111 Å². The molecule has 0 rings (SSSR count). The first-order valence-corrected chi connectivity index (χ1v) is 19.5. The fourth-order valence-electron chi connectivity index (χ4n) is 5.71. The minimum atomic E-state index is -1.38. The van der Waals surface area contributed by atoms with Crippen molar-refractivity contribution in [3.05, 3.63) is 0 Å². The number of hydrogen-bond acceptors (Lipinski definition) is 6. The average Bonchev–Trinajstić information content (AvgIpc) is 3.05. The number of hydroxylamine groups is 2. The predicted molar refractivity (Wildman–Crippen MR) is 188 cm³/mol. The highest BCUT2D eigenvalue weighted by atomic mass is 16.7. The van der Waals surface area contributed by atoms with E-state index in [-0.39, 0.29) is 12.8 Å². The van der Waals surface area contributed by atoms with Crippen molar-refractivity contribution < 1.29 is 28.9 Å². The monoisotopic (exact) mass is 653 g/mol. The van der Waals surface area contributed by atoms with Crippen LogP contribution in [0.15, 0.2) is 0 Å². The average molecular weight is 653 g/mol. The summed E-state index contributed by atoms with van der Waals surface area (Å²) >= 11 is 0. The number of carbonyl (C=O) groups excluding carboxylic acids is 4. The van der Waals surface area contributed by atoms with Crippen LogP contribution in [0.2, 0.25) is 0 Å². The summed E-state index contributed by atoms with van der Waals surface area (Å²) in [7, 11) is 0. The van der Waals surface area contributed by atoms with E-state index in [9.17, 15) is 19.2 Å². The zero-order valence-electron chi connectivity index (χ0n) is 30.1. The van der Waals surface area contributed by atoms with Crippen molar-refractivity contribution in [2.45, 2.75) is 219 Å². The van der Waals surface area contributed by atoms with Crippen molar-refractivity contribution in [3.8, 4) is 0 Å². The highest BCUT2D eigenvalue weighted by Crippen LogP contribution is 2.15. The number of hydrogen-bond donors (Lipinski definition) is 2. The number of unbranched alkanes of at least 4 members (excludes halogenated alkanes) is 28. The van der Waals surface area contributed by atoms with Gasteiger partial charge in [-0.3, -0.25) is 9.59 Å². The molecule has 2 N–H and O–H groups in total. The van der Waals surface area contributed by atoms with Crippen LogP contribution in [0.5, 0.6) is 0 Å². The quantitative estimate of drug-likeness (QED) is 0.0425. The maximum Gasteiger partial charge on any atom is 0.443 e. The molecule has 270 valence electrons. The molecule has 0 aliphatic carbocycles. The van der Waals surface area contributed by atoms with Crippen LogP contribution in [-0.2, 0) is 28.9 Å². The van der Waals surface area contributed by atoms with E-state index in [1.165, 1.54) is 154 Å². The zero-order valence-corrected chi connectivity index (χ0v) is 30.1. The van der Waals surface area contributed by atoms with Gasteiger partial charge in [-0.05, 0) is 12.8 Å². The molecule has 0 aliphatic rings. The van der Waals surface area contributed by atoms with Gasteiger partial charge in [0.15, 0.2) is 0 Å². The van der Waals surface area contributed by atoms with Gasteiger partial charge in [-0.25, -0.2) is 9.59 Å². The van der Waals surface area contributed by atoms with Crippen LogP contribution in [0, 0.1) is 0 Å². The Bertz CT molecular complexity index is 670. The van der Waals surface area contributed by atoms with E-state index in [0.29, 0.717) is 12.8 Å². The summed E-state index contributed by atoms with van der Waals surface area (Å²) < 4.78 is 0. The largest absolute Gasteiger partial charge is 0.443 e. The molecule has 2 amide bonds. The lowest BCUT2D eigenvalue weighted by molar-refractivity contribution is -0.179. The van der Waals surface area contributed by atoms with Crippen molar-refractivity contribution in [3.63, 3.8) is 0 Å². The van der Waals surface area contributed by atoms with Crippen LogP contribution in [0.4, 0.5) is 0 Å². The van der Waals surface area contributed by atoms with Crippen molar-refractivity contribution in [1.82, 2.24) is 11.0 Å². The third-order valence-electron chi connectivity index (χ3n) is 8.70. The number of rotatable bonds is 32. The third kappa shape index (κ3) is 33.2. The van der Waals surface area contributed by atoms with Gasteiger partial charge in [0.1, 0.15) is 0 Å². The fourth-order valence-corrected chi connectivity index (χ4v) is 5.71. The minimum Gasteiger partial charge on any atom is -0.330 e. The number of amides is 2. The lowest BCUT2D eigenvalue weighted by atomic mass is 10.0. The Morgan fingerprint density at radius 2 is 0.522 bits per heavy atom. The van der Waals surface area contributed by atoms with E-state index in [0.717, 1.165) is 25.7 Å². The highest BCUT2D eigenvalue weighted by molar-refractivity contribution is 6.29. The summed E-state index contributed by atoms with van der Waals surface area (Å²) in [5.74, 6) is -3.68. The van der Waals surface area contributed by atoms with Crippen LogP contribution in [0.3, 0.4) is 0 Å². The summed E-state index contributed by atoms with van der Waals surface area (Å²) in [5, 5.41) is 0. The first-order chi connectivity index (χ1) is 22.5. The lowest BCUT2D eigenvalue weighted by Gasteiger charge is -2.07. The predicted octanol–water partition coefficient (Wildman–Crippen LogP) is 10.7. The van der Waals surface area contributed by atoms with Gasteiger partial charge in [-0.1, -0.05) is 194 Å². The van der Waals surface area contributed by atoms with Crippen LogP contribution >= 0.6 is 0 Å². The molecule has 0 fully saturated rings.